The molecular weight excluding hydrogens is 275 g/mol. The van der Waals surface area contributed by atoms with E-state index in [-0.39, 0.29) is 6.54 Å². The first-order valence-electron chi connectivity index (χ1n) is 5.94. The summed E-state index contributed by atoms with van der Waals surface area (Å²) in [7, 11) is 1.52. The lowest BCUT2D eigenvalue weighted by Crippen LogP contribution is -2.39. The number of ether oxygens (including phenoxy) is 1. The van der Waals surface area contributed by atoms with Crippen LogP contribution in [0, 0.1) is 0 Å². The molecule has 0 unspecified atom stereocenters. The molecule has 0 fully saturated rings. The maximum Gasteiger partial charge on any atom is 0.401 e. The van der Waals surface area contributed by atoms with E-state index in [0.717, 1.165) is 10.5 Å². The molecule has 1 aromatic rings. The van der Waals surface area contributed by atoms with Gasteiger partial charge in [0.05, 0.1) is 20.2 Å². The highest BCUT2D eigenvalue weighted by Crippen LogP contribution is 2.17. The Morgan fingerprint density at radius 2 is 1.90 bits per heavy atom. The molecule has 112 valence electrons. The van der Waals surface area contributed by atoms with Crippen molar-refractivity contribution in [3.05, 3.63) is 29.8 Å². The Labute approximate surface area is 114 Å². The van der Waals surface area contributed by atoms with E-state index in [2.05, 4.69) is 0 Å². The van der Waals surface area contributed by atoms with Crippen LogP contribution in [0.3, 0.4) is 0 Å². The van der Waals surface area contributed by atoms with Crippen molar-refractivity contribution in [3.8, 4) is 5.75 Å². The van der Waals surface area contributed by atoms with E-state index >= 15 is 0 Å². The smallest absolute Gasteiger partial charge is 0.401 e. The van der Waals surface area contributed by atoms with Crippen LogP contribution < -0.4 is 4.74 Å². The van der Waals surface area contributed by atoms with Gasteiger partial charge in [-0.1, -0.05) is 12.1 Å². The van der Waals surface area contributed by atoms with E-state index in [9.17, 15) is 18.0 Å². The predicted molar refractivity (Wildman–Crippen MR) is 66.8 cm³/mol. The van der Waals surface area contributed by atoms with Crippen molar-refractivity contribution < 1.29 is 27.8 Å². The molecule has 20 heavy (non-hydrogen) atoms. The molecule has 1 aromatic carbocycles. The van der Waals surface area contributed by atoms with Gasteiger partial charge in [0.25, 0.3) is 0 Å². The lowest BCUT2D eigenvalue weighted by Gasteiger charge is -2.21. The monoisotopic (exact) mass is 291 g/mol. The van der Waals surface area contributed by atoms with E-state index in [1.54, 1.807) is 24.3 Å². The normalized spacial score (nSPS) is 11.7. The summed E-state index contributed by atoms with van der Waals surface area (Å²) in [5.41, 5.74) is 0.823. The second-order valence-electron chi connectivity index (χ2n) is 4.32. The molecule has 0 bridgehead atoms. The Hall–Kier alpha value is -1.76. The lowest BCUT2D eigenvalue weighted by molar-refractivity contribution is -0.153. The second-order valence-corrected chi connectivity index (χ2v) is 4.32. The van der Waals surface area contributed by atoms with Gasteiger partial charge in [-0.25, -0.2) is 0 Å². The number of aliphatic carboxylic acids is 1. The van der Waals surface area contributed by atoms with Gasteiger partial charge in [-0.15, -0.1) is 0 Å². The Balaban J connectivity index is 2.57. The maximum absolute atomic E-state index is 12.3. The summed E-state index contributed by atoms with van der Waals surface area (Å²) in [6.45, 7) is -1.83. The molecule has 4 nitrogen and oxygen atoms in total. The zero-order chi connectivity index (χ0) is 15.2. The molecule has 0 heterocycles. The number of halogens is 3. The van der Waals surface area contributed by atoms with Crippen molar-refractivity contribution in [2.24, 2.45) is 0 Å². The molecule has 0 aliphatic heterocycles. The van der Waals surface area contributed by atoms with Crippen LogP contribution in [0.5, 0.6) is 5.75 Å². The van der Waals surface area contributed by atoms with Crippen LogP contribution in [0.15, 0.2) is 24.3 Å². The average Bonchev–Trinajstić information content (AvgIpc) is 2.34. The summed E-state index contributed by atoms with van der Waals surface area (Å²) >= 11 is 0. The lowest BCUT2D eigenvalue weighted by atomic mass is 10.1. The van der Waals surface area contributed by atoms with Crippen molar-refractivity contribution >= 4 is 5.97 Å². The Kier molecular flexibility index (Phi) is 5.82. The molecule has 0 saturated carbocycles. The topological polar surface area (TPSA) is 49.8 Å². The van der Waals surface area contributed by atoms with Crippen molar-refractivity contribution in [2.45, 2.75) is 12.6 Å². The van der Waals surface area contributed by atoms with Gasteiger partial charge < -0.3 is 9.84 Å². The zero-order valence-corrected chi connectivity index (χ0v) is 11.0. The number of hydrogen-bond acceptors (Lipinski definition) is 3. The van der Waals surface area contributed by atoms with Gasteiger partial charge in [-0.05, 0) is 24.1 Å². The molecule has 1 rings (SSSR count). The maximum atomic E-state index is 12.3. The van der Waals surface area contributed by atoms with E-state index in [1.807, 2.05) is 0 Å². The van der Waals surface area contributed by atoms with E-state index in [4.69, 9.17) is 9.84 Å². The average molecular weight is 291 g/mol. The summed E-state index contributed by atoms with van der Waals surface area (Å²) in [6.07, 6.45) is -4.07. The van der Waals surface area contributed by atoms with Crippen LogP contribution in [-0.2, 0) is 11.2 Å². The highest BCUT2D eigenvalue weighted by molar-refractivity contribution is 5.69. The van der Waals surface area contributed by atoms with Gasteiger partial charge in [0.15, 0.2) is 0 Å². The minimum atomic E-state index is -4.41. The molecule has 0 radical (unpaired) electrons. The molecule has 0 saturated heterocycles. The van der Waals surface area contributed by atoms with Crippen LogP contribution in [0.4, 0.5) is 13.2 Å². The van der Waals surface area contributed by atoms with Crippen molar-refractivity contribution in [3.63, 3.8) is 0 Å². The number of nitrogens with zero attached hydrogens (tertiary/aromatic N) is 1. The second kappa shape index (κ2) is 7.14. The van der Waals surface area contributed by atoms with Gasteiger partial charge >= 0.3 is 12.1 Å². The number of carboxylic acid groups (broad SMARTS) is 1. The van der Waals surface area contributed by atoms with Gasteiger partial charge in [0.2, 0.25) is 0 Å². The van der Waals surface area contributed by atoms with E-state index in [1.165, 1.54) is 7.11 Å². The standard InChI is InChI=1S/C13H16F3NO3/c1-20-11-4-2-10(3-5-11)6-7-17(8-12(18)19)9-13(14,15)16/h2-5H,6-9H2,1H3,(H,18,19). The number of benzene rings is 1. The SMILES string of the molecule is COc1ccc(CCN(CC(=O)O)CC(F)(F)F)cc1. The van der Waals surface area contributed by atoms with Gasteiger partial charge in [0, 0.05) is 6.54 Å². The zero-order valence-electron chi connectivity index (χ0n) is 11.0. The molecule has 7 heteroatoms. The summed E-state index contributed by atoms with van der Waals surface area (Å²) in [6, 6.07) is 6.90. The van der Waals surface area contributed by atoms with Crippen molar-refractivity contribution in [1.82, 2.24) is 4.90 Å². The molecule has 0 spiro atoms. The summed E-state index contributed by atoms with van der Waals surface area (Å²) in [5.74, 6) is -0.615. The molecule has 0 aromatic heterocycles. The summed E-state index contributed by atoms with van der Waals surface area (Å²) < 4.78 is 42.0. The fourth-order valence-electron chi connectivity index (χ4n) is 1.74. The third-order valence-corrected chi connectivity index (χ3v) is 2.64. The highest BCUT2D eigenvalue weighted by atomic mass is 19.4. The van der Waals surface area contributed by atoms with E-state index < -0.39 is 25.2 Å². The third kappa shape index (κ3) is 6.42. The number of rotatable bonds is 7. The fraction of sp³-hybridized carbons (Fsp3) is 0.462. The minimum Gasteiger partial charge on any atom is -0.497 e. The van der Waals surface area contributed by atoms with Crippen LogP contribution >= 0.6 is 0 Å². The van der Waals surface area contributed by atoms with Crippen molar-refractivity contribution in [2.75, 3.05) is 26.7 Å². The Bertz CT molecular complexity index is 431. The quantitative estimate of drug-likeness (QED) is 0.836. The first-order valence-corrected chi connectivity index (χ1v) is 5.94. The number of methoxy groups -OCH3 is 1. The number of carboxylic acids is 1. The largest absolute Gasteiger partial charge is 0.497 e. The highest BCUT2D eigenvalue weighted by Gasteiger charge is 2.31. The molecule has 1 N–H and O–H groups in total. The fourth-order valence-corrected chi connectivity index (χ4v) is 1.74. The minimum absolute atomic E-state index is 0.0259. The van der Waals surface area contributed by atoms with Crippen LogP contribution in [0.1, 0.15) is 5.56 Å². The van der Waals surface area contributed by atoms with Gasteiger partial charge in [-0.2, -0.15) is 13.2 Å². The predicted octanol–water partition coefficient (Wildman–Crippen LogP) is 2.19. The van der Waals surface area contributed by atoms with E-state index in [0.29, 0.717) is 12.2 Å². The van der Waals surface area contributed by atoms with Crippen LogP contribution in [-0.4, -0.2) is 48.9 Å². The van der Waals surface area contributed by atoms with Crippen molar-refractivity contribution in [1.29, 1.82) is 0 Å². The first-order chi connectivity index (χ1) is 9.30. The Morgan fingerprint density at radius 1 is 1.30 bits per heavy atom. The van der Waals surface area contributed by atoms with Gasteiger partial charge in [-0.3, -0.25) is 9.69 Å². The number of hydrogen-bond donors (Lipinski definition) is 1. The summed E-state index contributed by atoms with van der Waals surface area (Å²) in [5, 5.41) is 8.62. The number of carbonyl (C=O) groups is 1. The molecule has 0 amide bonds. The Morgan fingerprint density at radius 3 is 2.35 bits per heavy atom. The van der Waals surface area contributed by atoms with Crippen LogP contribution in [0.25, 0.3) is 0 Å². The molecular formula is C13H16F3NO3. The number of alkyl halides is 3. The summed E-state index contributed by atoms with van der Waals surface area (Å²) in [4.78, 5) is 11.4. The van der Waals surface area contributed by atoms with Gasteiger partial charge in [0.1, 0.15) is 5.75 Å². The third-order valence-electron chi connectivity index (χ3n) is 2.64. The van der Waals surface area contributed by atoms with Crippen LogP contribution in [0.2, 0.25) is 0 Å². The first kappa shape index (κ1) is 16.3. The molecule has 0 atom stereocenters. The molecule has 0 aliphatic rings. The molecule has 0 aliphatic carbocycles.